The summed E-state index contributed by atoms with van der Waals surface area (Å²) >= 11 is 13.5. The van der Waals surface area contributed by atoms with Crippen LogP contribution in [0.5, 0.6) is 0 Å². The largest absolute Gasteiger partial charge is 0.469 e. The van der Waals surface area contributed by atoms with Gasteiger partial charge in [-0.05, 0) is 30.3 Å². The molecule has 23 heavy (non-hydrogen) atoms. The van der Waals surface area contributed by atoms with Crippen LogP contribution < -0.4 is 5.32 Å². The van der Waals surface area contributed by atoms with Crippen molar-refractivity contribution in [3.05, 3.63) is 57.8 Å². The number of furan rings is 1. The first kappa shape index (κ1) is 16.1. The van der Waals surface area contributed by atoms with Gasteiger partial charge in [-0.3, -0.25) is 4.79 Å². The Morgan fingerprint density at radius 3 is 2.96 bits per heavy atom. The van der Waals surface area contributed by atoms with Gasteiger partial charge in [0.2, 0.25) is 5.91 Å². The maximum Gasteiger partial charge on any atom is 0.226 e. The van der Waals surface area contributed by atoms with E-state index in [4.69, 9.17) is 27.6 Å². The van der Waals surface area contributed by atoms with E-state index in [0.29, 0.717) is 33.7 Å². The highest BCUT2D eigenvalue weighted by atomic mass is 35.5. The standard InChI is InChI=1S/C16H12Cl2N2O2S/c17-10-3-5-13(18)12(8-10)14-9-23-16(19-14)20-15(21)6-4-11-2-1-7-22-11/h1-3,5,7-9H,4,6H2,(H,19,20,21). The van der Waals surface area contributed by atoms with Crippen molar-refractivity contribution in [2.75, 3.05) is 5.32 Å². The van der Waals surface area contributed by atoms with E-state index in [2.05, 4.69) is 10.3 Å². The summed E-state index contributed by atoms with van der Waals surface area (Å²) in [5.74, 6) is 0.671. The molecule has 2 heterocycles. The van der Waals surface area contributed by atoms with Gasteiger partial charge in [0.25, 0.3) is 0 Å². The first-order chi connectivity index (χ1) is 11.1. The van der Waals surface area contributed by atoms with Gasteiger partial charge >= 0.3 is 0 Å². The number of nitrogens with one attached hydrogen (secondary N) is 1. The van der Waals surface area contributed by atoms with Crippen LogP contribution in [0.2, 0.25) is 10.0 Å². The lowest BCUT2D eigenvalue weighted by atomic mass is 10.2. The molecule has 0 aliphatic heterocycles. The zero-order valence-electron chi connectivity index (χ0n) is 11.9. The minimum atomic E-state index is -0.112. The van der Waals surface area contributed by atoms with Crippen LogP contribution in [-0.2, 0) is 11.2 Å². The summed E-state index contributed by atoms with van der Waals surface area (Å²) in [7, 11) is 0. The van der Waals surface area contributed by atoms with E-state index < -0.39 is 0 Å². The summed E-state index contributed by atoms with van der Waals surface area (Å²) in [6, 6.07) is 8.84. The normalized spacial score (nSPS) is 10.7. The average Bonchev–Trinajstić information content (AvgIpc) is 3.19. The van der Waals surface area contributed by atoms with Crippen molar-refractivity contribution in [2.45, 2.75) is 12.8 Å². The van der Waals surface area contributed by atoms with Crippen LogP contribution >= 0.6 is 34.5 Å². The van der Waals surface area contributed by atoms with Gasteiger partial charge < -0.3 is 9.73 Å². The summed E-state index contributed by atoms with van der Waals surface area (Å²) in [5.41, 5.74) is 1.43. The number of anilines is 1. The molecule has 3 rings (SSSR count). The van der Waals surface area contributed by atoms with E-state index in [1.54, 1.807) is 30.5 Å². The number of hydrogen-bond donors (Lipinski definition) is 1. The molecule has 0 aliphatic carbocycles. The molecule has 0 saturated carbocycles. The molecule has 1 N–H and O–H groups in total. The first-order valence-corrected chi connectivity index (χ1v) is 8.48. The van der Waals surface area contributed by atoms with Crippen molar-refractivity contribution in [1.29, 1.82) is 0 Å². The van der Waals surface area contributed by atoms with Gasteiger partial charge in [-0.1, -0.05) is 23.2 Å². The van der Waals surface area contributed by atoms with Gasteiger partial charge in [0.1, 0.15) is 5.76 Å². The van der Waals surface area contributed by atoms with E-state index in [1.807, 2.05) is 11.4 Å². The summed E-state index contributed by atoms with van der Waals surface area (Å²) in [6.45, 7) is 0. The van der Waals surface area contributed by atoms with Crippen LogP contribution in [0.1, 0.15) is 12.2 Å². The molecule has 4 nitrogen and oxygen atoms in total. The molecule has 2 aromatic heterocycles. The van der Waals surface area contributed by atoms with Gasteiger partial charge in [0, 0.05) is 28.8 Å². The predicted octanol–water partition coefficient (Wildman–Crippen LogP) is 5.28. The second kappa shape index (κ2) is 7.17. The van der Waals surface area contributed by atoms with Crippen molar-refractivity contribution in [1.82, 2.24) is 4.98 Å². The predicted molar refractivity (Wildman–Crippen MR) is 93.2 cm³/mol. The Morgan fingerprint density at radius 1 is 1.30 bits per heavy atom. The second-order valence-corrected chi connectivity index (χ2v) is 6.49. The lowest BCUT2D eigenvalue weighted by Gasteiger charge is -2.02. The quantitative estimate of drug-likeness (QED) is 0.667. The highest BCUT2D eigenvalue weighted by Crippen LogP contribution is 2.32. The van der Waals surface area contributed by atoms with Gasteiger partial charge in [0.05, 0.1) is 17.0 Å². The van der Waals surface area contributed by atoms with Gasteiger partial charge in [0.15, 0.2) is 5.13 Å². The summed E-state index contributed by atoms with van der Waals surface area (Å²) in [5, 5.41) is 6.29. The van der Waals surface area contributed by atoms with Crippen molar-refractivity contribution >= 4 is 45.6 Å². The van der Waals surface area contributed by atoms with Gasteiger partial charge in [-0.25, -0.2) is 4.98 Å². The second-order valence-electron chi connectivity index (χ2n) is 4.79. The molecular weight excluding hydrogens is 355 g/mol. The number of thiazole rings is 1. The third-order valence-electron chi connectivity index (χ3n) is 3.13. The van der Waals surface area contributed by atoms with E-state index in [-0.39, 0.29) is 5.91 Å². The third-order valence-corrected chi connectivity index (χ3v) is 4.46. The number of carbonyl (C=O) groups excluding carboxylic acids is 1. The van der Waals surface area contributed by atoms with Crippen LogP contribution in [0.25, 0.3) is 11.3 Å². The van der Waals surface area contributed by atoms with E-state index in [9.17, 15) is 4.79 Å². The Labute approximate surface area is 147 Å². The molecule has 1 aromatic carbocycles. The fraction of sp³-hybridized carbons (Fsp3) is 0.125. The minimum Gasteiger partial charge on any atom is -0.469 e. The topological polar surface area (TPSA) is 55.1 Å². The van der Waals surface area contributed by atoms with Crippen molar-refractivity contribution in [3.8, 4) is 11.3 Å². The minimum absolute atomic E-state index is 0.112. The molecule has 0 atom stereocenters. The summed E-state index contributed by atoms with van der Waals surface area (Å²) in [6.07, 6.45) is 2.48. The maximum atomic E-state index is 11.9. The number of amides is 1. The van der Waals surface area contributed by atoms with Crippen LogP contribution in [-0.4, -0.2) is 10.9 Å². The molecule has 0 spiro atoms. The van der Waals surface area contributed by atoms with Crippen molar-refractivity contribution in [3.63, 3.8) is 0 Å². The molecule has 1 amide bonds. The molecule has 0 bridgehead atoms. The monoisotopic (exact) mass is 366 g/mol. The van der Waals surface area contributed by atoms with E-state index >= 15 is 0 Å². The molecule has 0 unspecified atom stereocenters. The fourth-order valence-electron chi connectivity index (χ4n) is 2.02. The molecule has 7 heteroatoms. The number of carbonyl (C=O) groups is 1. The lowest BCUT2D eigenvalue weighted by Crippen LogP contribution is -2.11. The number of aromatic nitrogens is 1. The lowest BCUT2D eigenvalue weighted by molar-refractivity contribution is -0.116. The van der Waals surface area contributed by atoms with Crippen molar-refractivity contribution < 1.29 is 9.21 Å². The molecule has 0 fully saturated rings. The number of halogens is 2. The van der Waals surface area contributed by atoms with Gasteiger partial charge in [-0.2, -0.15) is 0 Å². The number of benzene rings is 1. The van der Waals surface area contributed by atoms with E-state index in [1.165, 1.54) is 11.3 Å². The summed E-state index contributed by atoms with van der Waals surface area (Å²) < 4.78 is 5.20. The van der Waals surface area contributed by atoms with Gasteiger partial charge in [-0.15, -0.1) is 11.3 Å². The zero-order valence-corrected chi connectivity index (χ0v) is 14.2. The maximum absolute atomic E-state index is 11.9. The molecule has 0 aliphatic rings. The highest BCUT2D eigenvalue weighted by molar-refractivity contribution is 7.14. The Bertz CT molecular complexity index is 815. The molecule has 3 aromatic rings. The SMILES string of the molecule is O=C(CCc1ccco1)Nc1nc(-c2cc(Cl)ccc2Cl)cs1. The summed E-state index contributed by atoms with van der Waals surface area (Å²) in [4.78, 5) is 16.3. The first-order valence-electron chi connectivity index (χ1n) is 6.85. The zero-order chi connectivity index (χ0) is 16.2. The fourth-order valence-corrected chi connectivity index (χ4v) is 3.14. The molecule has 118 valence electrons. The van der Waals surface area contributed by atoms with E-state index in [0.717, 1.165) is 11.3 Å². The third kappa shape index (κ3) is 4.13. The average molecular weight is 367 g/mol. The van der Waals surface area contributed by atoms with Crippen LogP contribution in [0.3, 0.4) is 0 Å². The Kier molecular flexibility index (Phi) is 5.00. The Hall–Kier alpha value is -1.82. The molecular formula is C16H12Cl2N2O2S. The Morgan fingerprint density at radius 2 is 2.17 bits per heavy atom. The van der Waals surface area contributed by atoms with Crippen LogP contribution in [0.15, 0.2) is 46.4 Å². The Balaban J connectivity index is 1.65. The highest BCUT2D eigenvalue weighted by Gasteiger charge is 2.11. The van der Waals surface area contributed by atoms with Crippen LogP contribution in [0.4, 0.5) is 5.13 Å². The van der Waals surface area contributed by atoms with Crippen molar-refractivity contribution in [2.24, 2.45) is 0 Å². The number of rotatable bonds is 5. The number of hydrogen-bond acceptors (Lipinski definition) is 4. The number of nitrogens with zero attached hydrogens (tertiary/aromatic N) is 1. The van der Waals surface area contributed by atoms with Crippen LogP contribution in [0, 0.1) is 0 Å². The smallest absolute Gasteiger partial charge is 0.226 e. The molecule has 0 radical (unpaired) electrons. The molecule has 0 saturated heterocycles. The number of aryl methyl sites for hydroxylation is 1.